The standard InChI is InChI=1S/C29H39N3O3S/c1-21(33)31-14-12-22(13-15-31)20-32-27-11-10-25(19-26(27)30-28(32)29(2,3)4)36-24-9-6-8-23(18-24)35-17-7-16-34-5/h6,8-11,18-19,22H,7,12-17,20H2,1-5H3. The zero-order valence-electron chi connectivity index (χ0n) is 22.3. The van der Waals surface area contributed by atoms with Crippen LogP contribution in [0, 0.1) is 5.92 Å². The Morgan fingerprint density at radius 3 is 2.53 bits per heavy atom. The van der Waals surface area contributed by atoms with E-state index in [9.17, 15) is 4.79 Å². The van der Waals surface area contributed by atoms with Gasteiger partial charge in [0.05, 0.1) is 17.6 Å². The van der Waals surface area contributed by atoms with Crippen molar-refractivity contribution in [2.45, 2.75) is 68.7 Å². The molecule has 0 atom stereocenters. The summed E-state index contributed by atoms with van der Waals surface area (Å²) >= 11 is 1.73. The summed E-state index contributed by atoms with van der Waals surface area (Å²) in [4.78, 5) is 21.1. The molecule has 7 heteroatoms. The zero-order chi connectivity index (χ0) is 25.7. The molecule has 194 valence electrons. The fourth-order valence-corrected chi connectivity index (χ4v) is 5.68. The molecule has 1 fully saturated rings. The van der Waals surface area contributed by atoms with E-state index in [0.717, 1.165) is 60.9 Å². The van der Waals surface area contributed by atoms with Crippen LogP contribution in [0.2, 0.25) is 0 Å². The van der Waals surface area contributed by atoms with Crippen molar-refractivity contribution >= 4 is 28.7 Å². The summed E-state index contributed by atoms with van der Waals surface area (Å²) in [6.45, 7) is 12.4. The molecule has 1 amide bonds. The van der Waals surface area contributed by atoms with E-state index >= 15 is 0 Å². The van der Waals surface area contributed by atoms with Crippen LogP contribution in [-0.4, -0.2) is 53.8 Å². The molecule has 1 aromatic heterocycles. The van der Waals surface area contributed by atoms with Gasteiger partial charge in [-0.15, -0.1) is 0 Å². The predicted octanol–water partition coefficient (Wildman–Crippen LogP) is 6.16. The molecule has 0 unspecified atom stereocenters. The number of nitrogens with zero attached hydrogens (tertiary/aromatic N) is 3. The second-order valence-corrected chi connectivity index (χ2v) is 11.8. The number of hydrogen-bond acceptors (Lipinski definition) is 5. The summed E-state index contributed by atoms with van der Waals surface area (Å²) in [6.07, 6.45) is 2.96. The van der Waals surface area contributed by atoms with Gasteiger partial charge >= 0.3 is 0 Å². The highest BCUT2D eigenvalue weighted by molar-refractivity contribution is 7.99. The number of carbonyl (C=O) groups excluding carboxylic acids is 1. The van der Waals surface area contributed by atoms with Gasteiger partial charge in [-0.1, -0.05) is 38.6 Å². The molecular weight excluding hydrogens is 470 g/mol. The van der Waals surface area contributed by atoms with E-state index in [-0.39, 0.29) is 11.3 Å². The molecule has 2 heterocycles. The van der Waals surface area contributed by atoms with Gasteiger partial charge in [0.2, 0.25) is 5.91 Å². The average Bonchev–Trinajstić information content (AvgIpc) is 3.20. The van der Waals surface area contributed by atoms with Crippen molar-refractivity contribution in [2.75, 3.05) is 33.4 Å². The van der Waals surface area contributed by atoms with E-state index in [2.05, 4.69) is 55.7 Å². The van der Waals surface area contributed by atoms with Gasteiger partial charge in [-0.3, -0.25) is 4.79 Å². The number of aromatic nitrogens is 2. The highest BCUT2D eigenvalue weighted by Crippen LogP contribution is 2.34. The van der Waals surface area contributed by atoms with Crippen LogP contribution in [0.3, 0.4) is 0 Å². The van der Waals surface area contributed by atoms with Crippen LogP contribution >= 0.6 is 11.8 Å². The molecule has 1 aliphatic rings. The van der Waals surface area contributed by atoms with E-state index in [0.29, 0.717) is 19.1 Å². The van der Waals surface area contributed by atoms with E-state index in [1.54, 1.807) is 25.8 Å². The lowest BCUT2D eigenvalue weighted by atomic mass is 9.93. The van der Waals surface area contributed by atoms with Crippen molar-refractivity contribution in [3.05, 3.63) is 48.3 Å². The van der Waals surface area contributed by atoms with E-state index in [1.165, 1.54) is 10.4 Å². The second-order valence-electron chi connectivity index (χ2n) is 10.7. The van der Waals surface area contributed by atoms with Crippen LogP contribution in [0.1, 0.15) is 52.8 Å². The first-order valence-corrected chi connectivity index (χ1v) is 13.7. The maximum atomic E-state index is 11.7. The van der Waals surface area contributed by atoms with Gasteiger partial charge in [0.25, 0.3) is 0 Å². The third-order valence-electron chi connectivity index (χ3n) is 6.69. The van der Waals surface area contributed by atoms with Gasteiger partial charge in [0, 0.05) is 61.9 Å². The topological polar surface area (TPSA) is 56.6 Å². The SMILES string of the molecule is COCCCOc1cccc(Sc2ccc3c(c2)nc(C(C)(C)C)n3CC2CCN(C(C)=O)CC2)c1. The molecule has 3 aromatic rings. The minimum Gasteiger partial charge on any atom is -0.493 e. The number of likely N-dealkylation sites (tertiary alicyclic amines) is 1. The molecule has 0 N–H and O–H groups in total. The van der Waals surface area contributed by atoms with E-state index in [4.69, 9.17) is 14.5 Å². The summed E-state index contributed by atoms with van der Waals surface area (Å²) in [7, 11) is 1.71. The summed E-state index contributed by atoms with van der Waals surface area (Å²) < 4.78 is 13.4. The van der Waals surface area contributed by atoms with Crippen LogP contribution in [0.15, 0.2) is 52.3 Å². The number of rotatable bonds is 9. The third-order valence-corrected chi connectivity index (χ3v) is 7.67. The molecule has 0 spiro atoms. The first-order valence-electron chi connectivity index (χ1n) is 12.9. The van der Waals surface area contributed by atoms with Crippen molar-refractivity contribution in [3.63, 3.8) is 0 Å². The molecule has 6 nitrogen and oxygen atoms in total. The number of benzene rings is 2. The number of fused-ring (bicyclic) bond motifs is 1. The Balaban J connectivity index is 1.52. The van der Waals surface area contributed by atoms with Crippen molar-refractivity contribution in [1.29, 1.82) is 0 Å². The van der Waals surface area contributed by atoms with Crippen molar-refractivity contribution in [1.82, 2.24) is 14.5 Å². The highest BCUT2D eigenvalue weighted by Gasteiger charge is 2.27. The van der Waals surface area contributed by atoms with Crippen LogP contribution in [0.25, 0.3) is 11.0 Å². The molecule has 4 rings (SSSR count). The largest absolute Gasteiger partial charge is 0.493 e. The lowest BCUT2D eigenvalue weighted by Crippen LogP contribution is -2.38. The van der Waals surface area contributed by atoms with E-state index in [1.807, 2.05) is 17.0 Å². The normalized spacial score (nSPS) is 15.0. The quantitative estimate of drug-likeness (QED) is 0.323. The molecule has 0 radical (unpaired) electrons. The summed E-state index contributed by atoms with van der Waals surface area (Å²) in [5, 5.41) is 0. The Morgan fingerprint density at radius 1 is 1.08 bits per heavy atom. The minimum absolute atomic E-state index is 0.0547. The van der Waals surface area contributed by atoms with Gasteiger partial charge in [-0.2, -0.15) is 0 Å². The van der Waals surface area contributed by atoms with Crippen LogP contribution in [-0.2, 0) is 21.5 Å². The smallest absolute Gasteiger partial charge is 0.219 e. The van der Waals surface area contributed by atoms with Gasteiger partial charge in [-0.05, 0) is 55.2 Å². The Hall–Kier alpha value is -2.51. The summed E-state index contributed by atoms with van der Waals surface area (Å²) in [6, 6.07) is 14.9. The maximum Gasteiger partial charge on any atom is 0.219 e. The Bertz CT molecular complexity index is 1180. The van der Waals surface area contributed by atoms with Gasteiger partial charge in [0.1, 0.15) is 11.6 Å². The van der Waals surface area contributed by atoms with Crippen molar-refractivity contribution < 1.29 is 14.3 Å². The van der Waals surface area contributed by atoms with Crippen molar-refractivity contribution in [3.8, 4) is 5.75 Å². The fraction of sp³-hybridized carbons (Fsp3) is 0.517. The molecule has 1 saturated heterocycles. The van der Waals surface area contributed by atoms with Crippen LogP contribution in [0.5, 0.6) is 5.75 Å². The molecule has 2 aromatic carbocycles. The van der Waals surface area contributed by atoms with Gasteiger partial charge in [-0.25, -0.2) is 4.98 Å². The van der Waals surface area contributed by atoms with Crippen LogP contribution in [0.4, 0.5) is 0 Å². The lowest BCUT2D eigenvalue weighted by Gasteiger charge is -2.32. The maximum absolute atomic E-state index is 11.7. The monoisotopic (exact) mass is 509 g/mol. The van der Waals surface area contributed by atoms with Crippen LogP contribution < -0.4 is 4.74 Å². The van der Waals surface area contributed by atoms with Crippen molar-refractivity contribution in [2.24, 2.45) is 5.92 Å². The molecule has 36 heavy (non-hydrogen) atoms. The third kappa shape index (κ3) is 6.62. The lowest BCUT2D eigenvalue weighted by molar-refractivity contribution is -0.130. The Kier molecular flexibility index (Phi) is 8.62. The molecule has 0 saturated carbocycles. The molecule has 0 aliphatic carbocycles. The second kappa shape index (κ2) is 11.7. The molecule has 1 aliphatic heterocycles. The number of piperidine rings is 1. The fourth-order valence-electron chi connectivity index (χ4n) is 4.78. The number of methoxy groups -OCH3 is 1. The summed E-state index contributed by atoms with van der Waals surface area (Å²) in [5.74, 6) is 2.75. The van der Waals surface area contributed by atoms with E-state index < -0.39 is 0 Å². The zero-order valence-corrected chi connectivity index (χ0v) is 23.1. The number of ether oxygens (including phenoxy) is 2. The number of carbonyl (C=O) groups is 1. The Morgan fingerprint density at radius 2 is 1.83 bits per heavy atom. The highest BCUT2D eigenvalue weighted by atomic mass is 32.2. The minimum atomic E-state index is -0.0547. The number of amides is 1. The average molecular weight is 510 g/mol. The Labute approximate surface area is 219 Å². The van der Waals surface area contributed by atoms with Gasteiger partial charge in [0.15, 0.2) is 0 Å². The predicted molar refractivity (Wildman–Crippen MR) is 146 cm³/mol. The molecular formula is C29H39N3O3S. The number of hydrogen-bond donors (Lipinski definition) is 0. The number of imidazole rings is 1. The van der Waals surface area contributed by atoms with Gasteiger partial charge < -0.3 is 18.9 Å². The first-order chi connectivity index (χ1) is 17.2. The molecule has 0 bridgehead atoms. The summed E-state index contributed by atoms with van der Waals surface area (Å²) in [5.41, 5.74) is 2.17. The first kappa shape index (κ1) is 26.6.